The molecule has 0 radical (unpaired) electrons. The van der Waals surface area contributed by atoms with Gasteiger partial charge in [0.1, 0.15) is 5.75 Å². The Bertz CT molecular complexity index is 353. The van der Waals surface area contributed by atoms with E-state index in [1.165, 1.54) is 5.56 Å². The summed E-state index contributed by atoms with van der Waals surface area (Å²) in [4.78, 5) is 10.8. The van der Waals surface area contributed by atoms with Gasteiger partial charge in [-0.3, -0.25) is 10.2 Å². The van der Waals surface area contributed by atoms with Crippen molar-refractivity contribution in [2.75, 3.05) is 6.61 Å². The van der Waals surface area contributed by atoms with E-state index in [4.69, 9.17) is 10.6 Å². The molecule has 1 aromatic rings. The van der Waals surface area contributed by atoms with Crippen LogP contribution in [0.4, 0.5) is 0 Å². The Morgan fingerprint density at radius 2 is 2.18 bits per heavy atom. The van der Waals surface area contributed by atoms with E-state index in [1.54, 1.807) is 0 Å². The number of hydrogen-bond acceptors (Lipinski definition) is 3. The number of nitrogens with one attached hydrogen (secondary N) is 1. The quantitative estimate of drug-likeness (QED) is 0.329. The Kier molecular flexibility index (Phi) is 6.10. The second-order valence-corrected chi connectivity index (χ2v) is 4.04. The van der Waals surface area contributed by atoms with Crippen molar-refractivity contribution in [2.45, 2.75) is 32.6 Å². The van der Waals surface area contributed by atoms with Gasteiger partial charge in [0.15, 0.2) is 0 Å². The average Bonchev–Trinajstić information content (AvgIpc) is 2.33. The molecule has 4 heteroatoms. The summed E-state index contributed by atoms with van der Waals surface area (Å²) in [5.74, 6) is 5.78. The van der Waals surface area contributed by atoms with Crippen LogP contribution >= 0.6 is 0 Å². The van der Waals surface area contributed by atoms with Crippen molar-refractivity contribution in [3.8, 4) is 5.75 Å². The van der Waals surface area contributed by atoms with E-state index in [1.807, 2.05) is 31.2 Å². The van der Waals surface area contributed by atoms with Crippen molar-refractivity contribution in [2.24, 2.45) is 5.84 Å². The third kappa shape index (κ3) is 5.92. The summed E-state index contributed by atoms with van der Waals surface area (Å²) in [6.45, 7) is 2.73. The molecule has 94 valence electrons. The van der Waals surface area contributed by atoms with Crippen molar-refractivity contribution in [3.05, 3.63) is 29.8 Å². The van der Waals surface area contributed by atoms with Gasteiger partial charge in [-0.2, -0.15) is 0 Å². The van der Waals surface area contributed by atoms with E-state index in [9.17, 15) is 4.79 Å². The van der Waals surface area contributed by atoms with Crippen LogP contribution in [-0.4, -0.2) is 12.5 Å². The lowest BCUT2D eigenvalue weighted by molar-refractivity contribution is -0.121. The van der Waals surface area contributed by atoms with Crippen LogP contribution in [0.5, 0.6) is 5.75 Å². The number of hydrogen-bond donors (Lipinski definition) is 2. The minimum absolute atomic E-state index is 0.107. The summed E-state index contributed by atoms with van der Waals surface area (Å²) in [5, 5.41) is 0. The highest BCUT2D eigenvalue weighted by atomic mass is 16.5. The second kappa shape index (κ2) is 7.68. The largest absolute Gasteiger partial charge is 0.494 e. The number of benzene rings is 1. The standard InChI is InChI=1S/C13H20N2O2/c1-11-6-5-7-12(10-11)17-9-4-2-3-8-13(16)15-14/h5-7,10H,2-4,8-9,14H2,1H3,(H,15,16). The van der Waals surface area contributed by atoms with Gasteiger partial charge in [-0.25, -0.2) is 5.84 Å². The Hall–Kier alpha value is -1.55. The summed E-state index contributed by atoms with van der Waals surface area (Å²) in [6.07, 6.45) is 3.26. The Balaban J connectivity index is 2.06. The summed E-state index contributed by atoms with van der Waals surface area (Å²) < 4.78 is 5.59. The molecule has 0 unspecified atom stereocenters. The molecule has 0 aliphatic carbocycles. The van der Waals surface area contributed by atoms with Gasteiger partial charge in [0, 0.05) is 6.42 Å². The lowest BCUT2D eigenvalue weighted by Gasteiger charge is -2.06. The van der Waals surface area contributed by atoms with E-state index in [0.717, 1.165) is 25.0 Å². The highest BCUT2D eigenvalue weighted by molar-refractivity contribution is 5.74. The number of carbonyl (C=O) groups excluding carboxylic acids is 1. The van der Waals surface area contributed by atoms with Crippen LogP contribution < -0.4 is 16.0 Å². The average molecular weight is 236 g/mol. The number of unbranched alkanes of at least 4 members (excludes halogenated alkanes) is 2. The van der Waals surface area contributed by atoms with Gasteiger partial charge < -0.3 is 4.74 Å². The van der Waals surface area contributed by atoms with Gasteiger partial charge >= 0.3 is 0 Å². The topological polar surface area (TPSA) is 64.3 Å². The van der Waals surface area contributed by atoms with Crippen molar-refractivity contribution in [1.29, 1.82) is 0 Å². The normalized spacial score (nSPS) is 10.0. The third-order valence-corrected chi connectivity index (χ3v) is 2.47. The lowest BCUT2D eigenvalue weighted by Crippen LogP contribution is -2.29. The molecule has 0 aliphatic rings. The van der Waals surface area contributed by atoms with Crippen LogP contribution in [0, 0.1) is 6.92 Å². The van der Waals surface area contributed by atoms with E-state index < -0.39 is 0 Å². The first-order valence-electron chi connectivity index (χ1n) is 5.91. The zero-order chi connectivity index (χ0) is 12.5. The number of aryl methyl sites for hydroxylation is 1. The molecule has 0 saturated heterocycles. The number of amides is 1. The highest BCUT2D eigenvalue weighted by Gasteiger charge is 1.98. The molecule has 0 heterocycles. The van der Waals surface area contributed by atoms with Gasteiger partial charge in [0.25, 0.3) is 0 Å². The van der Waals surface area contributed by atoms with Crippen LogP contribution in [0.15, 0.2) is 24.3 Å². The van der Waals surface area contributed by atoms with Gasteiger partial charge in [-0.1, -0.05) is 12.1 Å². The van der Waals surface area contributed by atoms with Crippen LogP contribution in [0.2, 0.25) is 0 Å². The number of ether oxygens (including phenoxy) is 1. The number of hydrazine groups is 1. The Morgan fingerprint density at radius 3 is 2.88 bits per heavy atom. The Labute approximate surface area is 102 Å². The van der Waals surface area contributed by atoms with E-state index in [0.29, 0.717) is 13.0 Å². The summed E-state index contributed by atoms with van der Waals surface area (Å²) in [7, 11) is 0. The van der Waals surface area contributed by atoms with Gasteiger partial charge in [-0.05, 0) is 43.9 Å². The van der Waals surface area contributed by atoms with Gasteiger partial charge in [0.05, 0.1) is 6.61 Å². The zero-order valence-corrected chi connectivity index (χ0v) is 10.2. The maximum absolute atomic E-state index is 10.8. The molecular weight excluding hydrogens is 216 g/mol. The first kappa shape index (κ1) is 13.5. The molecule has 17 heavy (non-hydrogen) atoms. The van der Waals surface area contributed by atoms with Crippen LogP contribution in [-0.2, 0) is 4.79 Å². The smallest absolute Gasteiger partial charge is 0.233 e. The molecule has 0 saturated carbocycles. The molecule has 0 spiro atoms. The number of nitrogens with two attached hydrogens (primary N) is 1. The number of rotatable bonds is 7. The van der Waals surface area contributed by atoms with Crippen LogP contribution in [0.3, 0.4) is 0 Å². The predicted octanol–water partition coefficient (Wildman–Crippen LogP) is 1.92. The van der Waals surface area contributed by atoms with Crippen molar-refractivity contribution < 1.29 is 9.53 Å². The minimum atomic E-state index is -0.107. The molecule has 0 aromatic heterocycles. The van der Waals surface area contributed by atoms with Crippen molar-refractivity contribution in [1.82, 2.24) is 5.43 Å². The van der Waals surface area contributed by atoms with E-state index in [2.05, 4.69) is 5.43 Å². The maximum atomic E-state index is 10.8. The second-order valence-electron chi connectivity index (χ2n) is 4.04. The van der Waals surface area contributed by atoms with Crippen molar-refractivity contribution in [3.63, 3.8) is 0 Å². The van der Waals surface area contributed by atoms with E-state index >= 15 is 0 Å². The monoisotopic (exact) mass is 236 g/mol. The molecule has 1 aromatic carbocycles. The lowest BCUT2D eigenvalue weighted by atomic mass is 10.2. The molecule has 0 fully saturated rings. The molecular formula is C13H20N2O2. The molecule has 4 nitrogen and oxygen atoms in total. The molecule has 0 aliphatic heterocycles. The van der Waals surface area contributed by atoms with Crippen LogP contribution in [0.1, 0.15) is 31.2 Å². The van der Waals surface area contributed by atoms with Crippen molar-refractivity contribution >= 4 is 5.91 Å². The Morgan fingerprint density at radius 1 is 1.35 bits per heavy atom. The molecule has 0 atom stereocenters. The van der Waals surface area contributed by atoms with Gasteiger partial charge in [0.2, 0.25) is 5.91 Å². The van der Waals surface area contributed by atoms with Gasteiger partial charge in [-0.15, -0.1) is 0 Å². The first-order valence-corrected chi connectivity index (χ1v) is 5.91. The third-order valence-electron chi connectivity index (χ3n) is 2.47. The predicted molar refractivity (Wildman–Crippen MR) is 67.5 cm³/mol. The molecule has 1 amide bonds. The summed E-state index contributed by atoms with van der Waals surface area (Å²) >= 11 is 0. The summed E-state index contributed by atoms with van der Waals surface area (Å²) in [6, 6.07) is 7.99. The number of carbonyl (C=O) groups is 1. The first-order chi connectivity index (χ1) is 8.22. The maximum Gasteiger partial charge on any atom is 0.233 e. The fraction of sp³-hybridized carbons (Fsp3) is 0.462. The highest BCUT2D eigenvalue weighted by Crippen LogP contribution is 2.13. The summed E-state index contributed by atoms with van der Waals surface area (Å²) in [5.41, 5.74) is 3.31. The SMILES string of the molecule is Cc1cccc(OCCCCCC(=O)NN)c1. The molecule has 1 rings (SSSR count). The minimum Gasteiger partial charge on any atom is -0.494 e. The molecule has 0 bridgehead atoms. The van der Waals surface area contributed by atoms with E-state index in [-0.39, 0.29) is 5.91 Å². The fourth-order valence-corrected chi connectivity index (χ4v) is 1.53. The fourth-order valence-electron chi connectivity index (χ4n) is 1.53. The zero-order valence-electron chi connectivity index (χ0n) is 10.2. The molecule has 3 N–H and O–H groups in total. The van der Waals surface area contributed by atoms with Crippen LogP contribution in [0.25, 0.3) is 0 Å².